The van der Waals surface area contributed by atoms with Crippen LogP contribution in [0.25, 0.3) is 16.9 Å². The molecule has 2 aromatic heterocycles. The molecule has 9 heteroatoms. The highest BCUT2D eigenvalue weighted by Crippen LogP contribution is 2.37. The molecule has 0 saturated carbocycles. The average Bonchev–Trinajstić information content (AvgIpc) is 3.05. The number of carbonyl (C=O) groups excluding carboxylic acids is 1. The number of nitrogens with zero attached hydrogens (tertiary/aromatic N) is 3. The van der Waals surface area contributed by atoms with E-state index in [1.807, 2.05) is 0 Å². The number of H-pyrrole nitrogens is 1. The van der Waals surface area contributed by atoms with Gasteiger partial charge < -0.3 is 4.74 Å². The first kappa shape index (κ1) is 19.4. The van der Waals surface area contributed by atoms with Gasteiger partial charge >= 0.3 is 5.97 Å². The Bertz CT molecular complexity index is 1070. The Labute approximate surface area is 165 Å². The maximum Gasteiger partial charge on any atom is 0.341 e. The van der Waals surface area contributed by atoms with Crippen LogP contribution in [0.5, 0.6) is 0 Å². The molecule has 0 amide bonds. The van der Waals surface area contributed by atoms with E-state index in [-0.39, 0.29) is 28.4 Å². The third-order valence-electron chi connectivity index (χ3n) is 3.47. The fourth-order valence-electron chi connectivity index (χ4n) is 2.40. The third-order valence-corrected chi connectivity index (χ3v) is 5.07. The highest BCUT2D eigenvalue weighted by molar-refractivity contribution is 8.00. The fourth-order valence-corrected chi connectivity index (χ4v) is 3.67. The number of halogens is 1. The predicted octanol–water partition coefficient (Wildman–Crippen LogP) is 3.83. The Balaban J connectivity index is 2.04. The largest absolute Gasteiger partial charge is 0.462 e. The van der Waals surface area contributed by atoms with Gasteiger partial charge in [-0.1, -0.05) is 32.4 Å². The molecule has 2 heterocycles. The molecule has 0 aliphatic rings. The monoisotopic (exact) mass is 406 g/mol. The van der Waals surface area contributed by atoms with E-state index in [4.69, 9.17) is 16.3 Å². The fraction of sp³-hybridized carbons (Fsp3) is 0.333. The van der Waals surface area contributed by atoms with Crippen LogP contribution in [0.3, 0.4) is 0 Å². The van der Waals surface area contributed by atoms with E-state index in [0.717, 1.165) is 4.90 Å². The molecule has 142 valence electrons. The lowest BCUT2D eigenvalue weighted by Crippen LogP contribution is -2.14. The molecule has 3 aromatic rings. The Morgan fingerprint density at radius 2 is 2.11 bits per heavy atom. The number of rotatable bonds is 4. The van der Waals surface area contributed by atoms with E-state index in [1.54, 1.807) is 30.8 Å². The van der Waals surface area contributed by atoms with Gasteiger partial charge in [0.05, 0.1) is 34.3 Å². The SMILES string of the molecule is CCOC(=O)c1cnn(-c2nc3cc(Cl)c(SC(C)(C)C)cc3c(=O)[nH]2)c1. The predicted molar refractivity (Wildman–Crippen MR) is 106 cm³/mol. The van der Waals surface area contributed by atoms with Gasteiger partial charge in [0.25, 0.3) is 5.56 Å². The van der Waals surface area contributed by atoms with Gasteiger partial charge in [-0.25, -0.2) is 14.5 Å². The minimum Gasteiger partial charge on any atom is -0.462 e. The van der Waals surface area contributed by atoms with Gasteiger partial charge in [-0.05, 0) is 19.1 Å². The highest BCUT2D eigenvalue weighted by atomic mass is 35.5. The number of hydrogen-bond acceptors (Lipinski definition) is 6. The maximum atomic E-state index is 12.6. The van der Waals surface area contributed by atoms with Crippen molar-refractivity contribution in [2.75, 3.05) is 6.61 Å². The Kier molecular flexibility index (Phi) is 5.30. The minimum absolute atomic E-state index is 0.0456. The van der Waals surface area contributed by atoms with E-state index < -0.39 is 5.97 Å². The zero-order valence-corrected chi connectivity index (χ0v) is 16.9. The van der Waals surface area contributed by atoms with Crippen LogP contribution in [-0.4, -0.2) is 37.1 Å². The number of aromatic nitrogens is 4. The Morgan fingerprint density at radius 3 is 2.78 bits per heavy atom. The molecule has 0 unspecified atom stereocenters. The van der Waals surface area contributed by atoms with Crippen molar-refractivity contribution in [1.82, 2.24) is 19.7 Å². The van der Waals surface area contributed by atoms with E-state index in [1.165, 1.54) is 17.1 Å². The van der Waals surface area contributed by atoms with Crippen molar-refractivity contribution in [3.05, 3.63) is 45.5 Å². The number of carbonyl (C=O) groups is 1. The summed E-state index contributed by atoms with van der Waals surface area (Å²) in [6.07, 6.45) is 2.81. The minimum atomic E-state index is -0.487. The summed E-state index contributed by atoms with van der Waals surface area (Å²) in [6.45, 7) is 8.21. The smallest absolute Gasteiger partial charge is 0.341 e. The van der Waals surface area contributed by atoms with Crippen LogP contribution in [0, 0.1) is 0 Å². The maximum absolute atomic E-state index is 12.6. The highest BCUT2D eigenvalue weighted by Gasteiger charge is 2.17. The van der Waals surface area contributed by atoms with Crippen molar-refractivity contribution >= 4 is 40.2 Å². The van der Waals surface area contributed by atoms with Gasteiger partial charge in [-0.15, -0.1) is 11.8 Å². The molecular weight excluding hydrogens is 388 g/mol. The molecule has 0 atom stereocenters. The first-order chi connectivity index (χ1) is 12.7. The topological polar surface area (TPSA) is 89.9 Å². The molecule has 0 aliphatic carbocycles. The first-order valence-electron chi connectivity index (χ1n) is 8.32. The van der Waals surface area contributed by atoms with Gasteiger partial charge in [0.2, 0.25) is 5.95 Å². The lowest BCUT2D eigenvalue weighted by molar-refractivity contribution is 0.0526. The van der Waals surface area contributed by atoms with Crippen LogP contribution in [0.2, 0.25) is 5.02 Å². The second-order valence-electron chi connectivity index (χ2n) is 6.80. The van der Waals surface area contributed by atoms with E-state index in [2.05, 4.69) is 35.8 Å². The lowest BCUT2D eigenvalue weighted by atomic mass is 10.2. The molecule has 0 saturated heterocycles. The van der Waals surface area contributed by atoms with Crippen LogP contribution in [-0.2, 0) is 4.74 Å². The summed E-state index contributed by atoms with van der Waals surface area (Å²) in [5, 5.41) is 5.04. The quantitative estimate of drug-likeness (QED) is 0.523. The van der Waals surface area contributed by atoms with Crippen molar-refractivity contribution in [3.63, 3.8) is 0 Å². The number of esters is 1. The zero-order valence-electron chi connectivity index (χ0n) is 15.4. The van der Waals surface area contributed by atoms with Crippen LogP contribution >= 0.6 is 23.4 Å². The molecular formula is C18H19ClN4O3S. The number of aromatic amines is 1. The summed E-state index contributed by atoms with van der Waals surface area (Å²) in [6, 6.07) is 3.41. The molecule has 0 radical (unpaired) electrons. The molecule has 0 spiro atoms. The number of hydrogen-bond donors (Lipinski definition) is 1. The summed E-state index contributed by atoms with van der Waals surface area (Å²) < 4.78 is 6.21. The third kappa shape index (κ3) is 4.33. The molecule has 1 N–H and O–H groups in total. The Hall–Kier alpha value is -2.32. The second-order valence-corrected chi connectivity index (χ2v) is 9.07. The van der Waals surface area contributed by atoms with E-state index in [9.17, 15) is 9.59 Å². The van der Waals surface area contributed by atoms with Crippen LogP contribution in [0.4, 0.5) is 0 Å². The molecule has 7 nitrogen and oxygen atoms in total. The number of ether oxygens (including phenoxy) is 1. The van der Waals surface area contributed by atoms with Gasteiger partial charge in [-0.2, -0.15) is 5.10 Å². The number of thioether (sulfide) groups is 1. The van der Waals surface area contributed by atoms with Crippen molar-refractivity contribution < 1.29 is 9.53 Å². The van der Waals surface area contributed by atoms with Crippen molar-refractivity contribution in [2.24, 2.45) is 0 Å². The summed E-state index contributed by atoms with van der Waals surface area (Å²) in [5.41, 5.74) is 0.412. The summed E-state index contributed by atoms with van der Waals surface area (Å²) >= 11 is 7.96. The summed E-state index contributed by atoms with van der Waals surface area (Å²) in [4.78, 5) is 32.3. The Morgan fingerprint density at radius 1 is 1.37 bits per heavy atom. The van der Waals surface area contributed by atoms with Crippen molar-refractivity contribution in [1.29, 1.82) is 0 Å². The first-order valence-corrected chi connectivity index (χ1v) is 9.52. The number of benzene rings is 1. The van der Waals surface area contributed by atoms with Gasteiger partial charge in [0, 0.05) is 15.8 Å². The molecule has 27 heavy (non-hydrogen) atoms. The van der Waals surface area contributed by atoms with Crippen molar-refractivity contribution in [3.8, 4) is 5.95 Å². The molecule has 0 fully saturated rings. The van der Waals surface area contributed by atoms with Gasteiger partial charge in [0.15, 0.2) is 0 Å². The van der Waals surface area contributed by atoms with Gasteiger partial charge in [0.1, 0.15) is 0 Å². The zero-order chi connectivity index (χ0) is 19.8. The van der Waals surface area contributed by atoms with Crippen LogP contribution < -0.4 is 5.56 Å². The molecule has 0 bridgehead atoms. The van der Waals surface area contributed by atoms with E-state index >= 15 is 0 Å². The van der Waals surface area contributed by atoms with Crippen LogP contribution in [0.1, 0.15) is 38.1 Å². The second kappa shape index (κ2) is 7.36. The van der Waals surface area contributed by atoms with Gasteiger partial charge in [-0.3, -0.25) is 9.78 Å². The number of fused-ring (bicyclic) bond motifs is 1. The molecule has 0 aliphatic heterocycles. The lowest BCUT2D eigenvalue weighted by Gasteiger charge is -2.18. The van der Waals surface area contributed by atoms with E-state index in [0.29, 0.717) is 15.9 Å². The molecule has 3 rings (SSSR count). The average molecular weight is 407 g/mol. The summed E-state index contributed by atoms with van der Waals surface area (Å²) in [5.74, 6) is -0.297. The normalized spacial score (nSPS) is 11.7. The standard InChI is InChI=1S/C18H19ClN4O3S/c1-5-26-16(25)10-8-20-23(9-10)17-21-13-7-12(19)14(27-18(2,3)4)6-11(13)15(24)22-17/h6-9H,5H2,1-4H3,(H,21,22,24). The van der Waals surface area contributed by atoms with Crippen molar-refractivity contribution in [2.45, 2.75) is 37.3 Å². The number of nitrogens with one attached hydrogen (secondary N) is 1. The summed E-state index contributed by atoms with van der Waals surface area (Å²) in [7, 11) is 0. The molecule has 1 aromatic carbocycles. The van der Waals surface area contributed by atoms with Crippen LogP contribution in [0.15, 0.2) is 34.2 Å².